The van der Waals surface area contributed by atoms with Gasteiger partial charge in [0.05, 0.1) is 5.56 Å². The largest absolute Gasteiger partial charge is 0.312 e. The quantitative estimate of drug-likeness (QED) is 0.631. The van der Waals surface area contributed by atoms with E-state index in [9.17, 15) is 15.3 Å². The van der Waals surface area contributed by atoms with Crippen molar-refractivity contribution >= 4 is 39.9 Å². The molecule has 0 unspecified atom stereocenters. The summed E-state index contributed by atoms with van der Waals surface area (Å²) >= 11 is 7.37. The number of fused-ring (bicyclic) bond motifs is 1. The number of halogens is 1. The third-order valence-corrected chi connectivity index (χ3v) is 5.48. The Morgan fingerprint density at radius 3 is 2.80 bits per heavy atom. The van der Waals surface area contributed by atoms with Gasteiger partial charge < -0.3 is 5.32 Å². The van der Waals surface area contributed by atoms with E-state index in [0.29, 0.717) is 21.2 Å². The first kappa shape index (κ1) is 17.2. The van der Waals surface area contributed by atoms with Crippen LogP contribution in [0, 0.1) is 22.7 Å². The van der Waals surface area contributed by atoms with Crippen molar-refractivity contribution < 1.29 is 4.79 Å². The molecule has 0 saturated carbocycles. The highest BCUT2D eigenvalue weighted by Gasteiger charge is 2.22. The van der Waals surface area contributed by atoms with Crippen LogP contribution in [0.4, 0.5) is 5.00 Å². The molecule has 0 aliphatic heterocycles. The average Bonchev–Trinajstić information content (AvgIpc) is 2.96. The minimum absolute atomic E-state index is 0.0301. The first-order valence-electron chi connectivity index (χ1n) is 7.85. The highest BCUT2D eigenvalue weighted by molar-refractivity contribution is 7.16. The lowest BCUT2D eigenvalue weighted by Crippen LogP contribution is -2.13. The summed E-state index contributed by atoms with van der Waals surface area (Å²) in [4.78, 5) is 13.6. The summed E-state index contributed by atoms with van der Waals surface area (Å²) in [6, 6.07) is 11.0. The number of hydrogen-bond acceptors (Lipinski definition) is 4. The molecule has 2 aromatic rings. The van der Waals surface area contributed by atoms with Crippen LogP contribution in [0.1, 0.15) is 34.4 Å². The number of benzene rings is 1. The van der Waals surface area contributed by atoms with Gasteiger partial charge in [-0.15, -0.1) is 11.3 Å². The number of nitrogens with one attached hydrogen (secondary N) is 1. The number of amides is 1. The smallest absolute Gasteiger partial charge is 0.266 e. The molecule has 1 aliphatic carbocycles. The Bertz CT molecular complexity index is 947. The van der Waals surface area contributed by atoms with Gasteiger partial charge in [-0.25, -0.2) is 0 Å². The van der Waals surface area contributed by atoms with Gasteiger partial charge in [0.1, 0.15) is 22.7 Å². The predicted octanol–water partition coefficient (Wildman–Crippen LogP) is 4.70. The number of rotatable bonds is 3. The van der Waals surface area contributed by atoms with Gasteiger partial charge in [0.2, 0.25) is 0 Å². The van der Waals surface area contributed by atoms with Crippen LogP contribution in [0.3, 0.4) is 0 Å². The number of nitrogens with zero attached hydrogens (tertiary/aromatic N) is 2. The molecule has 6 heteroatoms. The molecule has 1 heterocycles. The zero-order valence-electron chi connectivity index (χ0n) is 13.3. The number of thiophene rings is 1. The van der Waals surface area contributed by atoms with Crippen LogP contribution in [-0.4, -0.2) is 5.91 Å². The zero-order valence-corrected chi connectivity index (χ0v) is 14.9. The number of nitriles is 2. The predicted molar refractivity (Wildman–Crippen MR) is 99.3 cm³/mol. The van der Waals surface area contributed by atoms with Gasteiger partial charge in [0, 0.05) is 9.90 Å². The Morgan fingerprint density at radius 2 is 2.08 bits per heavy atom. The third-order valence-electron chi connectivity index (χ3n) is 4.03. The lowest BCUT2D eigenvalue weighted by atomic mass is 9.96. The number of carbonyl (C=O) groups excluding carboxylic acids is 1. The first-order chi connectivity index (χ1) is 12.1. The molecule has 0 atom stereocenters. The maximum atomic E-state index is 12.5. The Morgan fingerprint density at radius 1 is 1.28 bits per heavy atom. The van der Waals surface area contributed by atoms with E-state index in [1.165, 1.54) is 17.4 Å². The molecule has 4 nitrogen and oxygen atoms in total. The SMILES string of the molecule is N#CC(=Cc1cccc(Cl)c1)C(=O)Nc1sc2c(c1C#N)CCCC2. The molecule has 0 radical (unpaired) electrons. The zero-order chi connectivity index (χ0) is 17.8. The molecule has 124 valence electrons. The molecule has 1 amide bonds. The van der Waals surface area contributed by atoms with E-state index in [4.69, 9.17) is 11.6 Å². The van der Waals surface area contributed by atoms with Gasteiger partial charge in [-0.3, -0.25) is 4.79 Å². The fourth-order valence-corrected chi connectivity index (χ4v) is 4.29. The Balaban J connectivity index is 1.88. The van der Waals surface area contributed by atoms with Crippen molar-refractivity contribution in [3.05, 3.63) is 56.4 Å². The Hall–Kier alpha value is -2.60. The molecular weight excluding hydrogens is 354 g/mol. The molecule has 0 fully saturated rings. The average molecular weight is 368 g/mol. The summed E-state index contributed by atoms with van der Waals surface area (Å²) in [5.74, 6) is -0.516. The minimum Gasteiger partial charge on any atom is -0.312 e. The van der Waals surface area contributed by atoms with Gasteiger partial charge in [0.25, 0.3) is 5.91 Å². The second-order valence-electron chi connectivity index (χ2n) is 5.71. The molecule has 0 saturated heterocycles. The molecule has 0 bridgehead atoms. The Labute approximate surface area is 155 Å². The summed E-state index contributed by atoms with van der Waals surface area (Å²) in [7, 11) is 0. The topological polar surface area (TPSA) is 76.7 Å². The van der Waals surface area contributed by atoms with E-state index >= 15 is 0 Å². The highest BCUT2D eigenvalue weighted by atomic mass is 35.5. The standard InChI is InChI=1S/C19H14ClN3OS/c20-14-5-3-4-12(9-14)8-13(10-21)18(24)23-19-16(11-22)15-6-1-2-7-17(15)25-19/h3-5,8-9H,1-2,6-7H2,(H,23,24). The van der Waals surface area contributed by atoms with E-state index in [1.54, 1.807) is 24.3 Å². The van der Waals surface area contributed by atoms with E-state index in [2.05, 4.69) is 11.4 Å². The van der Waals surface area contributed by atoms with Crippen LogP contribution < -0.4 is 5.32 Å². The van der Waals surface area contributed by atoms with Gasteiger partial charge >= 0.3 is 0 Å². The number of hydrogen-bond donors (Lipinski definition) is 1. The minimum atomic E-state index is -0.516. The number of carbonyl (C=O) groups is 1. The third kappa shape index (κ3) is 3.74. The van der Waals surface area contributed by atoms with Gasteiger partial charge in [-0.2, -0.15) is 10.5 Å². The van der Waals surface area contributed by atoms with Crippen LogP contribution >= 0.6 is 22.9 Å². The van der Waals surface area contributed by atoms with Crippen molar-refractivity contribution in [3.8, 4) is 12.1 Å². The fourth-order valence-electron chi connectivity index (χ4n) is 2.85. The normalized spacial score (nSPS) is 13.5. The first-order valence-corrected chi connectivity index (χ1v) is 9.05. The monoisotopic (exact) mass is 367 g/mol. The summed E-state index contributed by atoms with van der Waals surface area (Å²) in [6.45, 7) is 0. The van der Waals surface area contributed by atoms with Crippen LogP contribution in [0.5, 0.6) is 0 Å². The lowest BCUT2D eigenvalue weighted by Gasteiger charge is -2.09. The van der Waals surface area contributed by atoms with Crippen LogP contribution in [0.2, 0.25) is 5.02 Å². The summed E-state index contributed by atoms with van der Waals surface area (Å²) in [5.41, 5.74) is 2.22. The maximum Gasteiger partial charge on any atom is 0.266 e. The number of aryl methyl sites for hydroxylation is 1. The molecule has 1 aromatic carbocycles. The summed E-state index contributed by atoms with van der Waals surface area (Å²) in [6.07, 6.45) is 5.46. The van der Waals surface area contributed by atoms with Gasteiger partial charge in [-0.05, 0) is 55.0 Å². The van der Waals surface area contributed by atoms with Crippen molar-refractivity contribution in [2.75, 3.05) is 5.32 Å². The number of anilines is 1. The van der Waals surface area contributed by atoms with Crippen molar-refractivity contribution in [2.24, 2.45) is 0 Å². The molecule has 25 heavy (non-hydrogen) atoms. The van der Waals surface area contributed by atoms with Crippen molar-refractivity contribution in [1.29, 1.82) is 10.5 Å². The second-order valence-corrected chi connectivity index (χ2v) is 7.25. The van der Waals surface area contributed by atoms with Crippen LogP contribution in [0.25, 0.3) is 6.08 Å². The molecular formula is C19H14ClN3OS. The van der Waals surface area contributed by atoms with Crippen LogP contribution in [-0.2, 0) is 17.6 Å². The molecule has 0 spiro atoms. The molecule has 1 aromatic heterocycles. The van der Waals surface area contributed by atoms with Crippen LogP contribution in [0.15, 0.2) is 29.8 Å². The summed E-state index contributed by atoms with van der Waals surface area (Å²) in [5, 5.41) is 22.6. The highest BCUT2D eigenvalue weighted by Crippen LogP contribution is 2.37. The Kier molecular flexibility index (Phi) is 5.19. The van der Waals surface area contributed by atoms with Crippen molar-refractivity contribution in [2.45, 2.75) is 25.7 Å². The van der Waals surface area contributed by atoms with E-state index in [0.717, 1.165) is 36.1 Å². The fraction of sp³-hybridized carbons (Fsp3) is 0.211. The van der Waals surface area contributed by atoms with Crippen molar-refractivity contribution in [3.63, 3.8) is 0 Å². The lowest BCUT2D eigenvalue weighted by molar-refractivity contribution is -0.112. The molecule has 3 rings (SSSR count). The molecule has 1 N–H and O–H groups in total. The second kappa shape index (κ2) is 7.53. The molecule has 1 aliphatic rings. The van der Waals surface area contributed by atoms with Gasteiger partial charge in [0.15, 0.2) is 0 Å². The van der Waals surface area contributed by atoms with Gasteiger partial charge in [-0.1, -0.05) is 23.7 Å². The van der Waals surface area contributed by atoms with Crippen molar-refractivity contribution in [1.82, 2.24) is 0 Å². The van der Waals surface area contributed by atoms with E-state index in [1.807, 2.05) is 6.07 Å². The van der Waals surface area contributed by atoms with E-state index < -0.39 is 5.91 Å². The maximum absolute atomic E-state index is 12.5. The van der Waals surface area contributed by atoms with E-state index in [-0.39, 0.29) is 5.57 Å². The summed E-state index contributed by atoms with van der Waals surface area (Å²) < 4.78 is 0.